The van der Waals surface area contributed by atoms with E-state index in [0.29, 0.717) is 0 Å². The minimum Gasteiger partial charge on any atom is -0.344 e. The highest BCUT2D eigenvalue weighted by Gasteiger charge is 2.28. The van der Waals surface area contributed by atoms with Crippen LogP contribution in [0.2, 0.25) is 0 Å². The molecule has 1 aliphatic carbocycles. The number of rotatable bonds is 0. The van der Waals surface area contributed by atoms with E-state index in [-0.39, 0.29) is 0 Å². The average Bonchev–Trinajstić information content (AvgIpc) is 2.88. The van der Waals surface area contributed by atoms with Crippen LogP contribution in [-0.4, -0.2) is 17.7 Å². The number of aliphatic imine (C=N–C) groups is 1. The molecule has 64 valence electrons. The summed E-state index contributed by atoms with van der Waals surface area (Å²) in [5.41, 5.74) is 3.98. The molecule has 2 heterocycles. The Morgan fingerprint density at radius 1 is 1.31 bits per heavy atom. The number of allylic oxidation sites excluding steroid dienone is 5. The Balaban J connectivity index is 2.08. The van der Waals surface area contributed by atoms with E-state index in [1.54, 1.807) is 0 Å². The van der Waals surface area contributed by atoms with E-state index in [1.807, 2.05) is 12.3 Å². The molecule has 0 radical (unpaired) electrons. The Hall–Kier alpha value is -1.57. The second-order valence-corrected chi connectivity index (χ2v) is 3.35. The molecule has 3 aliphatic rings. The van der Waals surface area contributed by atoms with Crippen molar-refractivity contribution in [3.8, 4) is 0 Å². The zero-order valence-corrected chi connectivity index (χ0v) is 7.27. The van der Waals surface area contributed by atoms with Crippen molar-refractivity contribution in [3.05, 3.63) is 47.5 Å². The van der Waals surface area contributed by atoms with Crippen molar-refractivity contribution in [1.82, 2.24) is 4.90 Å². The highest BCUT2D eigenvalue weighted by Crippen LogP contribution is 2.40. The van der Waals surface area contributed by atoms with Crippen molar-refractivity contribution in [2.24, 2.45) is 4.99 Å². The van der Waals surface area contributed by atoms with Crippen LogP contribution in [0.5, 0.6) is 0 Å². The third-order valence-corrected chi connectivity index (χ3v) is 2.46. The van der Waals surface area contributed by atoms with E-state index in [0.717, 1.165) is 13.0 Å². The molecule has 0 aromatic carbocycles. The van der Waals surface area contributed by atoms with Crippen molar-refractivity contribution in [2.45, 2.75) is 6.42 Å². The summed E-state index contributed by atoms with van der Waals surface area (Å²) in [4.78, 5) is 6.58. The average molecular weight is 170 g/mol. The third kappa shape index (κ3) is 1.06. The highest BCUT2D eigenvalue weighted by atomic mass is 15.1. The monoisotopic (exact) mass is 170 g/mol. The van der Waals surface area contributed by atoms with Crippen molar-refractivity contribution >= 4 is 6.21 Å². The molecule has 0 bridgehead atoms. The summed E-state index contributed by atoms with van der Waals surface area (Å²) in [6.07, 6.45) is 13.5. The summed E-state index contributed by atoms with van der Waals surface area (Å²) in [7, 11) is 0. The molecule has 0 N–H and O–H groups in total. The minimum absolute atomic E-state index is 0.979. The van der Waals surface area contributed by atoms with Gasteiger partial charge in [-0.3, -0.25) is 4.99 Å². The van der Waals surface area contributed by atoms with Crippen molar-refractivity contribution < 1.29 is 0 Å². The molecule has 2 nitrogen and oxygen atoms in total. The van der Waals surface area contributed by atoms with Gasteiger partial charge in [-0.05, 0) is 12.2 Å². The van der Waals surface area contributed by atoms with Crippen LogP contribution in [0.4, 0.5) is 0 Å². The van der Waals surface area contributed by atoms with Crippen LogP contribution in [0, 0.1) is 0 Å². The van der Waals surface area contributed by atoms with Crippen molar-refractivity contribution in [2.75, 3.05) is 6.54 Å². The van der Waals surface area contributed by atoms with Gasteiger partial charge in [-0.2, -0.15) is 0 Å². The fourth-order valence-corrected chi connectivity index (χ4v) is 1.70. The number of nitrogens with zero attached hydrogens (tertiary/aromatic N) is 2. The first-order chi connectivity index (χ1) is 6.45. The van der Waals surface area contributed by atoms with E-state index >= 15 is 0 Å². The third-order valence-electron chi connectivity index (χ3n) is 2.46. The molecule has 0 aromatic rings. The first kappa shape index (κ1) is 6.89. The lowest BCUT2D eigenvalue weighted by Gasteiger charge is -2.22. The van der Waals surface area contributed by atoms with Gasteiger partial charge in [-0.15, -0.1) is 0 Å². The van der Waals surface area contributed by atoms with Gasteiger partial charge in [0.25, 0.3) is 0 Å². The topological polar surface area (TPSA) is 15.6 Å². The number of fused-ring (bicyclic) bond motifs is 2. The standard InChI is InChI=1S/C11H10N2/c1-2-6-13-7-3-5-12-10-8-9(10)11(13)4-1/h1-5,7H,6,8H2. The molecule has 0 atom stereocenters. The van der Waals surface area contributed by atoms with Crippen LogP contribution in [-0.2, 0) is 0 Å². The van der Waals surface area contributed by atoms with E-state index < -0.39 is 0 Å². The molecule has 2 aliphatic heterocycles. The molecular weight excluding hydrogens is 160 g/mol. The normalized spacial score (nSPS) is 23.4. The van der Waals surface area contributed by atoms with Gasteiger partial charge in [0.15, 0.2) is 0 Å². The fraction of sp³-hybridized carbons (Fsp3) is 0.182. The van der Waals surface area contributed by atoms with Crippen LogP contribution in [0.15, 0.2) is 52.5 Å². The second-order valence-electron chi connectivity index (χ2n) is 3.35. The first-order valence-corrected chi connectivity index (χ1v) is 4.52. The molecular formula is C11H10N2. The van der Waals surface area contributed by atoms with Crippen molar-refractivity contribution in [1.29, 1.82) is 0 Å². The lowest BCUT2D eigenvalue weighted by molar-refractivity contribution is 0.523. The van der Waals surface area contributed by atoms with Gasteiger partial charge in [0.1, 0.15) is 0 Å². The maximum atomic E-state index is 4.32. The summed E-state index contributed by atoms with van der Waals surface area (Å²) in [6.45, 7) is 0.979. The summed E-state index contributed by atoms with van der Waals surface area (Å²) >= 11 is 0. The van der Waals surface area contributed by atoms with Gasteiger partial charge in [0, 0.05) is 36.7 Å². The summed E-state index contributed by atoms with van der Waals surface area (Å²) in [5, 5.41) is 0. The molecule has 0 saturated heterocycles. The molecule has 0 saturated carbocycles. The zero-order chi connectivity index (χ0) is 8.67. The number of hydrogen-bond acceptors (Lipinski definition) is 2. The van der Waals surface area contributed by atoms with E-state index in [1.165, 1.54) is 17.0 Å². The molecule has 0 spiro atoms. The Labute approximate surface area is 77.3 Å². The molecule has 3 rings (SSSR count). The molecule has 0 fully saturated rings. The number of hydrogen-bond donors (Lipinski definition) is 0. The quantitative estimate of drug-likeness (QED) is 0.543. The predicted molar refractivity (Wildman–Crippen MR) is 53.2 cm³/mol. The summed E-state index contributed by atoms with van der Waals surface area (Å²) in [6, 6.07) is 0. The van der Waals surface area contributed by atoms with Crippen molar-refractivity contribution in [3.63, 3.8) is 0 Å². The van der Waals surface area contributed by atoms with Gasteiger partial charge in [0.2, 0.25) is 0 Å². The SMILES string of the molecule is C1=CCN2C=CC=NC3=C(C3)C2=C1. The van der Waals surface area contributed by atoms with E-state index in [9.17, 15) is 0 Å². The molecule has 13 heavy (non-hydrogen) atoms. The Morgan fingerprint density at radius 3 is 3.31 bits per heavy atom. The molecule has 2 heteroatoms. The van der Waals surface area contributed by atoms with Gasteiger partial charge in [-0.25, -0.2) is 0 Å². The molecule has 0 unspecified atom stereocenters. The second kappa shape index (κ2) is 2.46. The van der Waals surface area contributed by atoms with E-state index in [4.69, 9.17) is 0 Å². The lowest BCUT2D eigenvalue weighted by Crippen LogP contribution is -2.18. The van der Waals surface area contributed by atoms with Crippen LogP contribution >= 0.6 is 0 Å². The zero-order valence-electron chi connectivity index (χ0n) is 7.27. The maximum Gasteiger partial charge on any atom is 0.0505 e. The lowest BCUT2D eigenvalue weighted by atomic mass is 10.2. The van der Waals surface area contributed by atoms with Crippen LogP contribution in [0.3, 0.4) is 0 Å². The van der Waals surface area contributed by atoms with E-state index in [2.05, 4.69) is 34.3 Å². The van der Waals surface area contributed by atoms with Gasteiger partial charge in [0.05, 0.1) is 5.70 Å². The highest BCUT2D eigenvalue weighted by molar-refractivity contribution is 5.74. The van der Waals surface area contributed by atoms with Gasteiger partial charge in [-0.1, -0.05) is 12.2 Å². The van der Waals surface area contributed by atoms with Gasteiger partial charge >= 0.3 is 0 Å². The fourth-order valence-electron chi connectivity index (χ4n) is 1.70. The summed E-state index contributed by atoms with van der Waals surface area (Å²) in [5.74, 6) is 0. The largest absolute Gasteiger partial charge is 0.344 e. The maximum absolute atomic E-state index is 4.32. The van der Waals surface area contributed by atoms with Crippen LogP contribution < -0.4 is 0 Å². The Morgan fingerprint density at radius 2 is 2.31 bits per heavy atom. The summed E-state index contributed by atoms with van der Waals surface area (Å²) < 4.78 is 0. The molecule has 0 amide bonds. The van der Waals surface area contributed by atoms with Gasteiger partial charge < -0.3 is 4.90 Å². The Kier molecular flexibility index (Phi) is 1.30. The van der Waals surface area contributed by atoms with Crippen LogP contribution in [0.1, 0.15) is 6.42 Å². The first-order valence-electron chi connectivity index (χ1n) is 4.52. The van der Waals surface area contributed by atoms with Crippen LogP contribution in [0.25, 0.3) is 0 Å². The molecule has 0 aromatic heterocycles. The smallest absolute Gasteiger partial charge is 0.0505 e. The Bertz CT molecular complexity index is 394. The minimum atomic E-state index is 0.979. The predicted octanol–water partition coefficient (Wildman–Crippen LogP) is 2.00.